The summed E-state index contributed by atoms with van der Waals surface area (Å²) in [6.07, 6.45) is 2.75. The van der Waals surface area contributed by atoms with E-state index < -0.39 is 34.2 Å². The lowest BCUT2D eigenvalue weighted by Crippen LogP contribution is -2.65. The fourth-order valence-electron chi connectivity index (χ4n) is 2.88. The van der Waals surface area contributed by atoms with Crippen molar-refractivity contribution in [2.24, 2.45) is 0 Å². The van der Waals surface area contributed by atoms with Gasteiger partial charge in [0.2, 0.25) is 0 Å². The molecule has 10 heteroatoms. The van der Waals surface area contributed by atoms with Gasteiger partial charge in [-0.2, -0.15) is 0 Å². The summed E-state index contributed by atoms with van der Waals surface area (Å²) in [6.45, 7) is 24.4. The van der Waals surface area contributed by atoms with Crippen molar-refractivity contribution in [1.82, 2.24) is 0 Å². The van der Waals surface area contributed by atoms with E-state index in [1.165, 1.54) is 18.9 Å². The first-order valence-electron chi connectivity index (χ1n) is 9.00. The van der Waals surface area contributed by atoms with Crippen LogP contribution in [0.2, 0.25) is 32.2 Å². The molecule has 2 aliphatic heterocycles. The van der Waals surface area contributed by atoms with E-state index in [4.69, 9.17) is 20.9 Å². The lowest BCUT2D eigenvalue weighted by atomic mass is 10.4. The largest absolute Gasteiger partial charge is 0.424 e. The van der Waals surface area contributed by atoms with Crippen LogP contribution in [0.5, 0.6) is 0 Å². The normalized spacial score (nSPS) is 26.9. The van der Waals surface area contributed by atoms with Crippen LogP contribution in [0.4, 0.5) is 0 Å². The molecule has 0 N–H and O–H groups in total. The summed E-state index contributed by atoms with van der Waals surface area (Å²) in [4.78, 5) is 0. The molecule has 26 heavy (non-hydrogen) atoms. The fraction of sp³-hybridized carbons (Fsp3) is 0.500. The topological polar surface area (TPSA) is 46.2 Å². The minimum atomic E-state index is -2.81. The van der Waals surface area contributed by atoms with Gasteiger partial charge in [0.25, 0.3) is 0 Å². The monoisotopic (exact) mass is 446 g/mol. The van der Waals surface area contributed by atoms with Crippen LogP contribution in [-0.2, 0) is 20.9 Å². The van der Waals surface area contributed by atoms with E-state index in [9.17, 15) is 0 Å². The number of rotatable bonds is 4. The third-order valence-electron chi connectivity index (χ3n) is 3.84. The van der Waals surface area contributed by atoms with E-state index in [1.807, 2.05) is 26.2 Å². The molecule has 2 aliphatic rings. The minimum Gasteiger partial charge on any atom is -0.424 e. The van der Waals surface area contributed by atoms with Crippen LogP contribution in [-0.4, -0.2) is 50.6 Å². The Kier molecular flexibility index (Phi) is 9.06. The van der Waals surface area contributed by atoms with Gasteiger partial charge in [-0.15, -0.1) is 26.3 Å². The molecule has 0 aliphatic carbocycles. The average Bonchev–Trinajstić information content (AvgIpc) is 2.60. The Morgan fingerprint density at radius 2 is 1.15 bits per heavy atom. The smallest absolute Gasteiger partial charge is 0.373 e. The first-order valence-corrected chi connectivity index (χ1v) is 20.2. The fourth-order valence-corrected chi connectivity index (χ4v) is 22.1. The van der Waals surface area contributed by atoms with Crippen molar-refractivity contribution in [3.63, 3.8) is 0 Å². The van der Waals surface area contributed by atoms with Crippen LogP contribution >= 0.6 is 0 Å². The summed E-state index contributed by atoms with van der Waals surface area (Å²) in [6, 6.07) is 1.42. The van der Waals surface area contributed by atoms with Crippen LogP contribution in [0.15, 0.2) is 49.1 Å². The van der Waals surface area contributed by atoms with Gasteiger partial charge in [-0.1, -0.05) is 6.42 Å². The summed E-state index contributed by atoms with van der Waals surface area (Å²) >= 11 is 0. The number of hydrogen-bond acceptors (Lipinski definition) is 5. The molecule has 2 heterocycles. The second kappa shape index (κ2) is 9.86. The second-order valence-electron chi connectivity index (χ2n) is 7.14. The summed E-state index contributed by atoms with van der Waals surface area (Å²) in [5.41, 5.74) is 6.82. The Labute approximate surface area is 165 Å². The third kappa shape index (κ3) is 7.11. The predicted octanol–water partition coefficient (Wildman–Crippen LogP) is 3.55. The molecule has 0 saturated carbocycles. The zero-order valence-electron chi connectivity index (χ0n) is 16.7. The Morgan fingerprint density at radius 3 is 1.38 bits per heavy atom. The lowest BCUT2D eigenvalue weighted by Gasteiger charge is -2.46. The molecule has 148 valence electrons. The highest BCUT2D eigenvalue weighted by molar-refractivity contribution is 6.99. The van der Waals surface area contributed by atoms with Crippen molar-refractivity contribution in [3.05, 3.63) is 49.1 Å². The molecule has 0 amide bonds. The van der Waals surface area contributed by atoms with Gasteiger partial charge in [0.15, 0.2) is 9.76 Å². The second-order valence-corrected chi connectivity index (χ2v) is 22.0. The Hall–Kier alpha value is -0.156. The highest BCUT2D eigenvalue weighted by Gasteiger charge is 2.54. The van der Waals surface area contributed by atoms with Gasteiger partial charge in [0, 0.05) is 6.61 Å². The maximum Gasteiger partial charge on any atom is 0.373 e. The Morgan fingerprint density at radius 1 is 0.692 bits per heavy atom. The summed E-state index contributed by atoms with van der Waals surface area (Å²) in [5.74, 6) is 0. The molecule has 0 atom stereocenters. The van der Waals surface area contributed by atoms with Crippen LogP contribution in [0.25, 0.3) is 0 Å². The first-order chi connectivity index (χ1) is 12.1. The molecule has 2 saturated heterocycles. The van der Waals surface area contributed by atoms with Gasteiger partial charge >= 0.3 is 34.2 Å². The van der Waals surface area contributed by atoms with E-state index in [0.717, 1.165) is 6.61 Å². The zero-order chi connectivity index (χ0) is 19.9. The molecule has 5 nitrogen and oxygen atoms in total. The molecule has 0 bridgehead atoms. The van der Waals surface area contributed by atoms with E-state index in [1.54, 1.807) is 22.8 Å². The molecule has 0 aromatic rings. The van der Waals surface area contributed by atoms with Crippen LogP contribution in [0, 0.1) is 0 Å². The van der Waals surface area contributed by atoms with Crippen molar-refractivity contribution in [2.75, 3.05) is 6.61 Å². The van der Waals surface area contributed by atoms with E-state index in [0.29, 0.717) is 0 Å². The molecule has 0 aromatic heterocycles. The predicted molar refractivity (Wildman–Crippen MR) is 120 cm³/mol. The summed E-state index contributed by atoms with van der Waals surface area (Å²) < 4.78 is 30.2. The Balaban J connectivity index is 0.000000472. The van der Waals surface area contributed by atoms with Crippen molar-refractivity contribution in [1.29, 1.82) is 0 Å². The minimum absolute atomic E-state index is 0.00849. The van der Waals surface area contributed by atoms with E-state index in [2.05, 4.69) is 26.3 Å². The average molecular weight is 447 g/mol. The van der Waals surface area contributed by atoms with Crippen molar-refractivity contribution in [2.45, 2.75) is 45.1 Å². The van der Waals surface area contributed by atoms with Gasteiger partial charge < -0.3 is 20.9 Å². The van der Waals surface area contributed by atoms with Crippen molar-refractivity contribution >= 4 is 44.0 Å². The van der Waals surface area contributed by atoms with Gasteiger partial charge in [-0.3, -0.25) is 0 Å². The summed E-state index contributed by atoms with van der Waals surface area (Å²) in [5, 5.41) is 0. The van der Waals surface area contributed by atoms with Gasteiger partial charge in [0.05, 0.1) is 0 Å². The standard InChI is InChI=1S/C12H24O4Si4.C4H10OSi/c1-9-19(10-2)14-17(5,6)13-18(7,8)15-20(11-3,12-4)16-19;1-2-4-6-5-3-1/h9-12H,1-4H2,5-8H3;1-4,6H2. The van der Waals surface area contributed by atoms with Gasteiger partial charge in [-0.05, 0) is 61.5 Å². The SMILES string of the molecule is C1CC[SiH2]OC1.C=C[Si]1(C=C)O[Si](C)(C)O[Si](C)(C)O[Si](C=C)(C=C)O1. The Bertz CT molecular complexity index is 454. The molecule has 2 fully saturated rings. The van der Waals surface area contributed by atoms with E-state index in [-0.39, 0.29) is 9.76 Å². The van der Waals surface area contributed by atoms with Crippen LogP contribution in [0.3, 0.4) is 0 Å². The van der Waals surface area contributed by atoms with Crippen LogP contribution in [0.1, 0.15) is 12.8 Å². The third-order valence-corrected chi connectivity index (χ3v) is 20.4. The van der Waals surface area contributed by atoms with Crippen molar-refractivity contribution < 1.29 is 20.9 Å². The molecular weight excluding hydrogens is 413 g/mol. The molecule has 0 radical (unpaired) electrons. The van der Waals surface area contributed by atoms with Crippen LogP contribution < -0.4 is 0 Å². The summed E-state index contributed by atoms with van der Waals surface area (Å²) in [7, 11) is -10.4. The number of hydrogen-bond donors (Lipinski definition) is 0. The highest BCUT2D eigenvalue weighted by Crippen LogP contribution is 2.32. The van der Waals surface area contributed by atoms with Gasteiger partial charge in [-0.25, -0.2) is 0 Å². The maximum absolute atomic E-state index is 6.29. The van der Waals surface area contributed by atoms with Crippen molar-refractivity contribution in [3.8, 4) is 0 Å². The molecule has 0 spiro atoms. The molecule has 2 rings (SSSR count). The van der Waals surface area contributed by atoms with E-state index >= 15 is 0 Å². The molecule has 0 aromatic carbocycles. The lowest BCUT2D eigenvalue weighted by molar-refractivity contribution is 0.250. The first kappa shape index (κ1) is 23.9. The highest BCUT2D eigenvalue weighted by atomic mass is 28.5. The maximum atomic E-state index is 6.29. The van der Waals surface area contributed by atoms with Gasteiger partial charge in [0.1, 0.15) is 0 Å². The molecular formula is C16H34O5Si5. The quantitative estimate of drug-likeness (QED) is 0.618. The molecule has 0 unspecified atom stereocenters. The zero-order valence-corrected chi connectivity index (χ0v) is 22.1.